The van der Waals surface area contributed by atoms with Crippen LogP contribution in [-0.2, 0) is 6.42 Å². The lowest BCUT2D eigenvalue weighted by molar-refractivity contribution is 0.0692. The van der Waals surface area contributed by atoms with Gasteiger partial charge in [-0.2, -0.15) is 0 Å². The highest BCUT2D eigenvalue weighted by atomic mass is 32.1. The minimum Gasteiger partial charge on any atom is -0.476 e. The molecule has 0 aliphatic rings. The van der Waals surface area contributed by atoms with Gasteiger partial charge in [-0.1, -0.05) is 0 Å². The first-order valence-corrected chi connectivity index (χ1v) is 5.18. The van der Waals surface area contributed by atoms with Gasteiger partial charge in [0.2, 0.25) is 0 Å². The summed E-state index contributed by atoms with van der Waals surface area (Å²) < 4.78 is 0. The van der Waals surface area contributed by atoms with Crippen LogP contribution in [0.2, 0.25) is 0 Å². The maximum Gasteiger partial charge on any atom is 0.355 e. The van der Waals surface area contributed by atoms with E-state index in [1.165, 1.54) is 11.3 Å². The Balaban J connectivity index is 2.63. The fourth-order valence-electron chi connectivity index (χ4n) is 1.27. The van der Waals surface area contributed by atoms with E-state index >= 15 is 0 Å². The van der Waals surface area contributed by atoms with Crippen molar-refractivity contribution in [2.24, 2.45) is 0 Å². The zero-order valence-electron chi connectivity index (χ0n) is 7.67. The number of hydrogen-bond acceptors (Lipinski definition) is 5. The summed E-state index contributed by atoms with van der Waals surface area (Å²) in [4.78, 5) is 19.6. The van der Waals surface area contributed by atoms with E-state index in [9.17, 15) is 4.79 Å². The summed E-state index contributed by atoms with van der Waals surface area (Å²) in [6.45, 7) is -0.0874. The predicted molar refractivity (Wildman–Crippen MR) is 55.2 cm³/mol. The minimum absolute atomic E-state index is 0.00435. The van der Waals surface area contributed by atoms with E-state index in [1.54, 1.807) is 11.4 Å². The van der Waals surface area contributed by atoms with Crippen LogP contribution in [0.4, 0.5) is 0 Å². The molecule has 2 rings (SSSR count). The number of hydrogen-bond donors (Lipinski definition) is 2. The number of aromatic carboxylic acids is 1. The zero-order valence-corrected chi connectivity index (χ0v) is 8.49. The summed E-state index contributed by atoms with van der Waals surface area (Å²) in [5.74, 6) is -0.704. The molecule has 0 aromatic carbocycles. The van der Waals surface area contributed by atoms with Gasteiger partial charge in [-0.05, 0) is 11.4 Å². The summed E-state index contributed by atoms with van der Waals surface area (Å²) in [5, 5.41) is 20.0. The van der Waals surface area contributed by atoms with Crippen LogP contribution in [0.1, 0.15) is 16.3 Å². The molecule has 15 heavy (non-hydrogen) atoms. The smallest absolute Gasteiger partial charge is 0.355 e. The Bertz CT molecular complexity index is 509. The van der Waals surface area contributed by atoms with Crippen molar-refractivity contribution in [1.29, 1.82) is 0 Å². The summed E-state index contributed by atoms with van der Waals surface area (Å²) >= 11 is 1.36. The lowest BCUT2D eigenvalue weighted by Crippen LogP contribution is -2.07. The second kappa shape index (κ2) is 3.92. The van der Waals surface area contributed by atoms with Crippen LogP contribution < -0.4 is 0 Å². The van der Waals surface area contributed by atoms with E-state index in [4.69, 9.17) is 10.2 Å². The fourth-order valence-corrected chi connectivity index (χ4v) is 2.06. The van der Waals surface area contributed by atoms with E-state index in [2.05, 4.69) is 9.97 Å². The minimum atomic E-state index is -1.07. The van der Waals surface area contributed by atoms with Crippen molar-refractivity contribution in [2.75, 3.05) is 6.61 Å². The van der Waals surface area contributed by atoms with Gasteiger partial charge in [0.05, 0.1) is 6.61 Å². The number of carbonyl (C=O) groups is 1. The van der Waals surface area contributed by atoms with Crippen molar-refractivity contribution >= 4 is 27.5 Å². The number of aliphatic hydroxyl groups is 1. The van der Waals surface area contributed by atoms with Crippen LogP contribution in [0.25, 0.3) is 10.2 Å². The summed E-state index contributed by atoms with van der Waals surface area (Å²) in [5.41, 5.74) is 0.00435. The van der Waals surface area contributed by atoms with Crippen LogP contribution in [0.5, 0.6) is 0 Å². The van der Waals surface area contributed by atoms with Crippen LogP contribution >= 0.6 is 11.3 Å². The monoisotopic (exact) mass is 224 g/mol. The Labute approximate surface area is 89.0 Å². The SMILES string of the molecule is O=C(O)c1nc(CCO)nc2sccc12. The standard InChI is InChI=1S/C9H8N2O3S/c12-3-1-6-10-7(9(13)14)5-2-4-15-8(5)11-6/h2,4,12H,1,3H2,(H,13,14). The molecule has 0 bridgehead atoms. The average molecular weight is 224 g/mol. The Morgan fingerprint density at radius 2 is 2.27 bits per heavy atom. The number of fused-ring (bicyclic) bond motifs is 1. The molecule has 2 heterocycles. The van der Waals surface area contributed by atoms with Gasteiger partial charge in [-0.15, -0.1) is 11.3 Å². The van der Waals surface area contributed by atoms with Crippen molar-refractivity contribution < 1.29 is 15.0 Å². The first-order chi connectivity index (χ1) is 7.22. The van der Waals surface area contributed by atoms with Crippen molar-refractivity contribution in [3.05, 3.63) is 23.0 Å². The maximum atomic E-state index is 10.9. The lowest BCUT2D eigenvalue weighted by atomic mass is 10.2. The number of rotatable bonds is 3. The summed E-state index contributed by atoms with van der Waals surface area (Å²) in [6, 6.07) is 1.69. The van der Waals surface area contributed by atoms with Gasteiger partial charge in [0.25, 0.3) is 0 Å². The third-order valence-electron chi connectivity index (χ3n) is 1.91. The van der Waals surface area contributed by atoms with Gasteiger partial charge < -0.3 is 10.2 Å². The van der Waals surface area contributed by atoms with Crippen LogP contribution in [0.15, 0.2) is 11.4 Å². The Morgan fingerprint density at radius 3 is 2.93 bits per heavy atom. The summed E-state index contributed by atoms with van der Waals surface area (Å²) in [6.07, 6.45) is 0.272. The molecule has 6 heteroatoms. The van der Waals surface area contributed by atoms with E-state index in [-0.39, 0.29) is 18.7 Å². The maximum absolute atomic E-state index is 10.9. The zero-order chi connectivity index (χ0) is 10.8. The summed E-state index contributed by atoms with van der Waals surface area (Å²) in [7, 11) is 0. The molecule has 78 valence electrons. The largest absolute Gasteiger partial charge is 0.476 e. The molecular weight excluding hydrogens is 216 g/mol. The van der Waals surface area contributed by atoms with E-state index in [1.807, 2.05) is 0 Å². The molecule has 0 fully saturated rings. The Morgan fingerprint density at radius 1 is 1.47 bits per heavy atom. The van der Waals surface area contributed by atoms with E-state index < -0.39 is 5.97 Å². The number of thiophene rings is 1. The first kappa shape index (κ1) is 10.0. The molecule has 5 nitrogen and oxygen atoms in total. The quantitative estimate of drug-likeness (QED) is 0.810. The molecule has 0 amide bonds. The highest BCUT2D eigenvalue weighted by molar-refractivity contribution is 7.16. The molecule has 0 atom stereocenters. The number of carboxylic acids is 1. The molecule has 0 saturated heterocycles. The number of aromatic nitrogens is 2. The van der Waals surface area contributed by atoms with Crippen LogP contribution in [0, 0.1) is 0 Å². The average Bonchev–Trinajstić information content (AvgIpc) is 2.64. The molecule has 0 aliphatic carbocycles. The molecule has 0 radical (unpaired) electrons. The number of nitrogens with zero attached hydrogens (tertiary/aromatic N) is 2. The van der Waals surface area contributed by atoms with Crippen molar-refractivity contribution in [3.63, 3.8) is 0 Å². The Hall–Kier alpha value is -1.53. The molecule has 2 N–H and O–H groups in total. The molecular formula is C9H8N2O3S. The van der Waals surface area contributed by atoms with E-state index in [0.29, 0.717) is 16.0 Å². The van der Waals surface area contributed by atoms with Gasteiger partial charge in [0.15, 0.2) is 5.69 Å². The van der Waals surface area contributed by atoms with Crippen molar-refractivity contribution in [3.8, 4) is 0 Å². The van der Waals surface area contributed by atoms with Gasteiger partial charge in [-0.25, -0.2) is 14.8 Å². The molecule has 2 aromatic rings. The lowest BCUT2D eigenvalue weighted by Gasteiger charge is -2.00. The van der Waals surface area contributed by atoms with Gasteiger partial charge in [0.1, 0.15) is 10.7 Å². The van der Waals surface area contributed by atoms with E-state index in [0.717, 1.165) is 0 Å². The normalized spacial score (nSPS) is 10.7. The van der Waals surface area contributed by atoms with Crippen LogP contribution in [-0.4, -0.2) is 32.8 Å². The first-order valence-electron chi connectivity index (χ1n) is 4.30. The Kier molecular flexibility index (Phi) is 2.61. The third kappa shape index (κ3) is 1.81. The molecule has 0 spiro atoms. The highest BCUT2D eigenvalue weighted by Gasteiger charge is 2.14. The molecule has 0 unspecified atom stereocenters. The highest BCUT2D eigenvalue weighted by Crippen LogP contribution is 2.21. The molecule has 0 saturated carbocycles. The molecule has 2 aromatic heterocycles. The topological polar surface area (TPSA) is 83.3 Å². The van der Waals surface area contributed by atoms with Gasteiger partial charge >= 0.3 is 5.97 Å². The number of aliphatic hydroxyl groups excluding tert-OH is 1. The van der Waals surface area contributed by atoms with Crippen molar-refractivity contribution in [2.45, 2.75) is 6.42 Å². The van der Waals surface area contributed by atoms with Gasteiger partial charge in [-0.3, -0.25) is 0 Å². The predicted octanol–water partition coefficient (Wildman–Crippen LogP) is 0.924. The van der Waals surface area contributed by atoms with Gasteiger partial charge in [0, 0.05) is 11.8 Å². The van der Waals surface area contributed by atoms with Crippen LogP contribution in [0.3, 0.4) is 0 Å². The van der Waals surface area contributed by atoms with Crippen molar-refractivity contribution in [1.82, 2.24) is 9.97 Å². The second-order valence-corrected chi connectivity index (χ2v) is 3.80. The fraction of sp³-hybridized carbons (Fsp3) is 0.222. The third-order valence-corrected chi connectivity index (χ3v) is 2.72. The molecule has 0 aliphatic heterocycles. The number of carboxylic acid groups (broad SMARTS) is 1. The second-order valence-electron chi connectivity index (χ2n) is 2.91.